The molecule has 1 heterocycles. The van der Waals surface area contributed by atoms with Gasteiger partial charge >= 0.3 is 0 Å². The Morgan fingerprint density at radius 3 is 2.50 bits per heavy atom. The minimum Gasteiger partial charge on any atom is -0.454 e. The predicted molar refractivity (Wildman–Crippen MR) is 79.8 cm³/mol. The molecular weight excluding hydrogens is 325 g/mol. The normalized spacial score (nSPS) is 12.1. The van der Waals surface area contributed by atoms with Crippen LogP contribution in [0.15, 0.2) is 42.5 Å². The molecule has 0 unspecified atom stereocenters. The zero-order chi connectivity index (χ0) is 13.1. The van der Waals surface area contributed by atoms with E-state index < -0.39 is 0 Å². The summed E-state index contributed by atoms with van der Waals surface area (Å²) in [5.41, 5.74) is 2.04. The maximum absolute atomic E-state index is 13.0. The lowest BCUT2D eigenvalue weighted by molar-refractivity contribution is 0.174. The van der Waals surface area contributed by atoms with Crippen molar-refractivity contribution in [3.8, 4) is 11.5 Å². The fourth-order valence-corrected chi connectivity index (χ4v) is 2.05. The Morgan fingerprint density at radius 1 is 0.950 bits per heavy atom. The number of fused-ring (bicyclic) bond motifs is 1. The van der Waals surface area contributed by atoms with E-state index in [2.05, 4.69) is 5.32 Å². The Hall–Kier alpha value is -1.59. The molecule has 1 aliphatic rings. The molecule has 0 aliphatic carbocycles. The summed E-state index contributed by atoms with van der Waals surface area (Å²) >= 11 is 0. The zero-order valence-corrected chi connectivity index (χ0v) is 12.5. The van der Waals surface area contributed by atoms with E-state index in [9.17, 15) is 4.39 Å². The first-order valence-electron chi connectivity index (χ1n) is 6.15. The minimum atomic E-state index is -0.206. The number of halogens is 2. The maximum atomic E-state index is 13.0. The van der Waals surface area contributed by atoms with Crippen LogP contribution in [0.4, 0.5) is 4.39 Å². The van der Waals surface area contributed by atoms with E-state index in [1.54, 1.807) is 6.07 Å². The van der Waals surface area contributed by atoms with Gasteiger partial charge in [-0.1, -0.05) is 18.2 Å². The van der Waals surface area contributed by atoms with Gasteiger partial charge in [-0.05, 0) is 35.4 Å². The molecule has 1 aliphatic heterocycles. The van der Waals surface area contributed by atoms with Crippen molar-refractivity contribution in [2.75, 3.05) is 6.79 Å². The lowest BCUT2D eigenvalue weighted by Crippen LogP contribution is -2.12. The topological polar surface area (TPSA) is 30.5 Å². The van der Waals surface area contributed by atoms with Gasteiger partial charge in [0.15, 0.2) is 11.5 Å². The summed E-state index contributed by atoms with van der Waals surface area (Å²) in [6, 6.07) is 12.4. The number of rotatable bonds is 4. The van der Waals surface area contributed by atoms with Crippen LogP contribution in [0.3, 0.4) is 0 Å². The van der Waals surface area contributed by atoms with Crippen LogP contribution < -0.4 is 14.8 Å². The molecule has 3 rings (SSSR count). The Labute approximate surface area is 127 Å². The third-order valence-corrected chi connectivity index (χ3v) is 2.98. The van der Waals surface area contributed by atoms with Crippen LogP contribution in [0.1, 0.15) is 11.1 Å². The highest BCUT2D eigenvalue weighted by Crippen LogP contribution is 2.32. The van der Waals surface area contributed by atoms with E-state index in [0.29, 0.717) is 13.1 Å². The molecule has 1 N–H and O–H groups in total. The van der Waals surface area contributed by atoms with Crippen molar-refractivity contribution in [3.63, 3.8) is 0 Å². The quantitative estimate of drug-likeness (QED) is 0.925. The van der Waals surface area contributed by atoms with Crippen molar-refractivity contribution in [2.45, 2.75) is 13.1 Å². The van der Waals surface area contributed by atoms with Crippen molar-refractivity contribution < 1.29 is 13.9 Å². The van der Waals surface area contributed by atoms with Gasteiger partial charge in [0.05, 0.1) is 0 Å². The van der Waals surface area contributed by atoms with Crippen LogP contribution in [0.5, 0.6) is 11.5 Å². The molecule has 0 fully saturated rings. The van der Waals surface area contributed by atoms with E-state index in [0.717, 1.165) is 22.6 Å². The predicted octanol–water partition coefficient (Wildman–Crippen LogP) is 3.42. The number of ether oxygens (including phenoxy) is 2. The largest absolute Gasteiger partial charge is 0.454 e. The highest BCUT2D eigenvalue weighted by molar-refractivity contribution is 8.93. The molecule has 2 aromatic rings. The van der Waals surface area contributed by atoms with Gasteiger partial charge in [0, 0.05) is 13.1 Å². The molecule has 0 bridgehead atoms. The van der Waals surface area contributed by atoms with Crippen molar-refractivity contribution in [2.24, 2.45) is 0 Å². The Kier molecular flexibility index (Phi) is 4.98. The van der Waals surface area contributed by atoms with E-state index in [4.69, 9.17) is 9.47 Å². The second kappa shape index (κ2) is 6.72. The SMILES string of the molecule is Br.Fc1cccc(CNCc2ccc3c(c2)OCO3)c1. The molecule has 0 amide bonds. The number of benzene rings is 2. The second-order valence-electron chi connectivity index (χ2n) is 4.42. The van der Waals surface area contributed by atoms with Crippen molar-refractivity contribution in [1.29, 1.82) is 0 Å². The lowest BCUT2D eigenvalue weighted by atomic mass is 10.2. The Bertz CT molecular complexity index is 592. The highest BCUT2D eigenvalue weighted by Gasteiger charge is 2.12. The lowest BCUT2D eigenvalue weighted by Gasteiger charge is -2.06. The zero-order valence-electron chi connectivity index (χ0n) is 10.8. The molecule has 0 spiro atoms. The molecule has 5 heteroatoms. The van der Waals surface area contributed by atoms with Gasteiger partial charge in [0.25, 0.3) is 0 Å². The van der Waals surface area contributed by atoms with Crippen LogP contribution in [-0.2, 0) is 13.1 Å². The first-order chi connectivity index (χ1) is 9.31. The summed E-state index contributed by atoms with van der Waals surface area (Å²) in [5, 5.41) is 3.27. The van der Waals surface area contributed by atoms with Gasteiger partial charge in [0.1, 0.15) is 5.82 Å². The van der Waals surface area contributed by atoms with Crippen molar-refractivity contribution in [3.05, 3.63) is 59.4 Å². The molecule has 0 saturated heterocycles. The highest BCUT2D eigenvalue weighted by atomic mass is 79.9. The summed E-state index contributed by atoms with van der Waals surface area (Å²) in [5.74, 6) is 1.36. The van der Waals surface area contributed by atoms with Gasteiger partial charge in [-0.3, -0.25) is 0 Å². The summed E-state index contributed by atoms with van der Waals surface area (Å²) in [6.45, 7) is 1.62. The Morgan fingerprint density at radius 2 is 1.70 bits per heavy atom. The van der Waals surface area contributed by atoms with Crippen LogP contribution in [0.2, 0.25) is 0 Å². The minimum absolute atomic E-state index is 0. The third-order valence-electron chi connectivity index (χ3n) is 2.98. The van der Waals surface area contributed by atoms with Crippen molar-refractivity contribution in [1.82, 2.24) is 5.32 Å². The summed E-state index contributed by atoms with van der Waals surface area (Å²) in [6.07, 6.45) is 0. The molecule has 0 atom stereocenters. The summed E-state index contributed by atoms with van der Waals surface area (Å²) in [4.78, 5) is 0. The number of hydrogen-bond donors (Lipinski definition) is 1. The first-order valence-corrected chi connectivity index (χ1v) is 6.15. The molecule has 106 valence electrons. The van der Waals surface area contributed by atoms with Gasteiger partial charge in [-0.2, -0.15) is 0 Å². The van der Waals surface area contributed by atoms with Crippen LogP contribution in [-0.4, -0.2) is 6.79 Å². The van der Waals surface area contributed by atoms with E-state index in [1.165, 1.54) is 12.1 Å². The van der Waals surface area contributed by atoms with Crippen LogP contribution in [0, 0.1) is 5.82 Å². The molecule has 0 saturated carbocycles. The monoisotopic (exact) mass is 339 g/mol. The van der Waals surface area contributed by atoms with E-state index >= 15 is 0 Å². The molecule has 2 aromatic carbocycles. The summed E-state index contributed by atoms with van der Waals surface area (Å²) in [7, 11) is 0. The fraction of sp³-hybridized carbons (Fsp3) is 0.200. The smallest absolute Gasteiger partial charge is 0.231 e. The average Bonchev–Trinajstić information content (AvgIpc) is 2.86. The van der Waals surface area contributed by atoms with E-state index in [1.807, 2.05) is 24.3 Å². The molecule has 0 aromatic heterocycles. The number of nitrogens with one attached hydrogen (secondary N) is 1. The molecule has 3 nitrogen and oxygen atoms in total. The van der Waals surface area contributed by atoms with Gasteiger partial charge < -0.3 is 14.8 Å². The third kappa shape index (κ3) is 3.49. The second-order valence-corrected chi connectivity index (χ2v) is 4.42. The first kappa shape index (κ1) is 14.8. The fourth-order valence-electron chi connectivity index (χ4n) is 2.05. The number of hydrogen-bond acceptors (Lipinski definition) is 3. The van der Waals surface area contributed by atoms with E-state index in [-0.39, 0.29) is 29.6 Å². The van der Waals surface area contributed by atoms with Gasteiger partial charge in [0.2, 0.25) is 6.79 Å². The van der Waals surface area contributed by atoms with Gasteiger partial charge in [-0.15, -0.1) is 17.0 Å². The van der Waals surface area contributed by atoms with Gasteiger partial charge in [-0.25, -0.2) is 4.39 Å². The summed E-state index contributed by atoms with van der Waals surface area (Å²) < 4.78 is 23.6. The molecule has 20 heavy (non-hydrogen) atoms. The van der Waals surface area contributed by atoms with Crippen LogP contribution in [0.25, 0.3) is 0 Å². The standard InChI is InChI=1S/C15H14FNO2.BrH/c16-13-3-1-2-11(6-13)8-17-9-12-4-5-14-15(7-12)19-10-18-14;/h1-7,17H,8-10H2;1H. The molecule has 0 radical (unpaired) electrons. The molecular formula is C15H15BrFNO2. The maximum Gasteiger partial charge on any atom is 0.231 e. The van der Waals surface area contributed by atoms with Crippen LogP contribution >= 0.6 is 17.0 Å². The Balaban J connectivity index is 0.00000147. The van der Waals surface area contributed by atoms with Crippen molar-refractivity contribution >= 4 is 17.0 Å². The average molecular weight is 340 g/mol.